The molecule has 88 valence electrons. The van der Waals surface area contributed by atoms with Crippen molar-refractivity contribution in [2.75, 3.05) is 6.54 Å². The van der Waals surface area contributed by atoms with Crippen LogP contribution in [-0.2, 0) is 4.79 Å². The third kappa shape index (κ3) is 3.20. The molecule has 0 aromatic carbocycles. The fourth-order valence-corrected chi connectivity index (χ4v) is 2.32. The maximum atomic E-state index is 11.2. The quantitative estimate of drug-likeness (QED) is 0.712. The number of carbonyl (C=O) groups is 1. The van der Waals surface area contributed by atoms with Crippen LogP contribution in [0.3, 0.4) is 0 Å². The van der Waals surface area contributed by atoms with Gasteiger partial charge in [-0.1, -0.05) is 19.8 Å². The van der Waals surface area contributed by atoms with Crippen molar-refractivity contribution >= 4 is 5.97 Å². The zero-order valence-corrected chi connectivity index (χ0v) is 9.88. The summed E-state index contributed by atoms with van der Waals surface area (Å²) in [5.74, 6) is -0.592. The first kappa shape index (κ1) is 12.5. The van der Waals surface area contributed by atoms with Gasteiger partial charge in [0, 0.05) is 6.04 Å². The van der Waals surface area contributed by atoms with Gasteiger partial charge in [0.2, 0.25) is 0 Å². The highest BCUT2D eigenvalue weighted by atomic mass is 16.4. The second kappa shape index (κ2) is 5.50. The van der Waals surface area contributed by atoms with Gasteiger partial charge in [-0.15, -0.1) is 0 Å². The van der Waals surface area contributed by atoms with Crippen molar-refractivity contribution in [3.05, 3.63) is 0 Å². The van der Waals surface area contributed by atoms with Crippen LogP contribution in [0, 0.1) is 5.41 Å². The minimum atomic E-state index is -0.592. The van der Waals surface area contributed by atoms with Crippen LogP contribution in [0.5, 0.6) is 0 Å². The Bertz CT molecular complexity index is 210. The molecule has 0 saturated heterocycles. The zero-order valence-electron chi connectivity index (χ0n) is 9.88. The van der Waals surface area contributed by atoms with Crippen LogP contribution < -0.4 is 5.32 Å². The number of hydrogen-bond donors (Lipinski definition) is 2. The first-order valence-electron chi connectivity index (χ1n) is 6.07. The minimum absolute atomic E-state index is 0.416. The lowest BCUT2D eigenvalue weighted by atomic mass is 9.83. The molecule has 15 heavy (non-hydrogen) atoms. The Labute approximate surface area is 92.3 Å². The van der Waals surface area contributed by atoms with E-state index in [2.05, 4.69) is 19.2 Å². The largest absolute Gasteiger partial charge is 0.481 e. The molecule has 0 aromatic heterocycles. The van der Waals surface area contributed by atoms with E-state index in [1.54, 1.807) is 0 Å². The van der Waals surface area contributed by atoms with Crippen molar-refractivity contribution in [3.63, 3.8) is 0 Å². The molecule has 1 aliphatic rings. The molecule has 3 nitrogen and oxygen atoms in total. The van der Waals surface area contributed by atoms with Gasteiger partial charge in [0.05, 0.1) is 5.41 Å². The maximum Gasteiger partial charge on any atom is 0.309 e. The molecule has 0 amide bonds. The van der Waals surface area contributed by atoms with Gasteiger partial charge in [0.25, 0.3) is 0 Å². The van der Waals surface area contributed by atoms with Gasteiger partial charge in [0.1, 0.15) is 0 Å². The summed E-state index contributed by atoms with van der Waals surface area (Å²) >= 11 is 0. The molecule has 1 rings (SSSR count). The van der Waals surface area contributed by atoms with Crippen molar-refractivity contribution in [2.45, 2.75) is 58.4 Å². The first-order valence-corrected chi connectivity index (χ1v) is 6.07. The molecule has 0 bridgehead atoms. The molecule has 1 atom stereocenters. The van der Waals surface area contributed by atoms with Crippen LogP contribution in [0.2, 0.25) is 0 Å². The lowest BCUT2D eigenvalue weighted by Crippen LogP contribution is -2.34. The van der Waals surface area contributed by atoms with Crippen molar-refractivity contribution in [1.29, 1.82) is 0 Å². The van der Waals surface area contributed by atoms with Crippen LogP contribution in [0.25, 0.3) is 0 Å². The SMILES string of the molecule is CCC(C)NCCC1(C(=O)O)CCCC1. The molecule has 1 aliphatic carbocycles. The summed E-state index contributed by atoms with van der Waals surface area (Å²) in [4.78, 5) is 11.2. The smallest absolute Gasteiger partial charge is 0.309 e. The molecule has 0 radical (unpaired) electrons. The normalized spacial score (nSPS) is 21.5. The predicted molar refractivity (Wildman–Crippen MR) is 60.9 cm³/mol. The van der Waals surface area contributed by atoms with Crippen LogP contribution in [0.1, 0.15) is 52.4 Å². The Morgan fingerprint density at radius 3 is 2.53 bits per heavy atom. The zero-order chi connectivity index (χ0) is 11.3. The lowest BCUT2D eigenvalue weighted by Gasteiger charge is -2.24. The Balaban J connectivity index is 2.36. The number of carboxylic acids is 1. The van der Waals surface area contributed by atoms with Gasteiger partial charge in [-0.25, -0.2) is 0 Å². The molecule has 2 N–H and O–H groups in total. The van der Waals surface area contributed by atoms with Crippen LogP contribution in [0.15, 0.2) is 0 Å². The number of carboxylic acid groups (broad SMARTS) is 1. The summed E-state index contributed by atoms with van der Waals surface area (Å²) in [7, 11) is 0. The lowest BCUT2D eigenvalue weighted by molar-refractivity contribution is -0.149. The van der Waals surface area contributed by atoms with Crippen molar-refractivity contribution in [2.24, 2.45) is 5.41 Å². The van der Waals surface area contributed by atoms with Gasteiger partial charge in [-0.3, -0.25) is 4.79 Å². The summed E-state index contributed by atoms with van der Waals surface area (Å²) < 4.78 is 0. The molecular formula is C12H23NO2. The Morgan fingerprint density at radius 2 is 2.07 bits per heavy atom. The standard InChI is InChI=1S/C12H23NO2/c1-3-10(2)13-9-8-12(11(14)15)6-4-5-7-12/h10,13H,3-9H2,1-2H3,(H,14,15). The second-order valence-electron chi connectivity index (χ2n) is 4.81. The Morgan fingerprint density at radius 1 is 1.47 bits per heavy atom. The van der Waals surface area contributed by atoms with E-state index in [4.69, 9.17) is 0 Å². The molecule has 0 heterocycles. The molecule has 1 saturated carbocycles. The molecular weight excluding hydrogens is 190 g/mol. The number of rotatable bonds is 6. The van der Waals surface area contributed by atoms with Gasteiger partial charge in [0.15, 0.2) is 0 Å². The second-order valence-corrected chi connectivity index (χ2v) is 4.81. The molecule has 0 aliphatic heterocycles. The molecule has 1 unspecified atom stereocenters. The van der Waals surface area contributed by atoms with E-state index in [0.29, 0.717) is 6.04 Å². The monoisotopic (exact) mass is 213 g/mol. The number of nitrogens with one attached hydrogen (secondary N) is 1. The van der Waals surface area contributed by atoms with E-state index in [1.807, 2.05) is 0 Å². The summed E-state index contributed by atoms with van der Waals surface area (Å²) in [5, 5.41) is 12.6. The molecule has 0 spiro atoms. The average Bonchev–Trinajstić information content (AvgIpc) is 2.67. The molecule has 1 fully saturated rings. The van der Waals surface area contributed by atoms with E-state index < -0.39 is 11.4 Å². The molecule has 3 heteroatoms. The predicted octanol–water partition coefficient (Wildman–Crippen LogP) is 2.41. The first-order chi connectivity index (χ1) is 7.10. The highest BCUT2D eigenvalue weighted by Crippen LogP contribution is 2.41. The number of aliphatic carboxylic acids is 1. The fraction of sp³-hybridized carbons (Fsp3) is 0.917. The van der Waals surface area contributed by atoms with Gasteiger partial charge >= 0.3 is 5.97 Å². The van der Waals surface area contributed by atoms with Crippen LogP contribution in [-0.4, -0.2) is 23.7 Å². The maximum absolute atomic E-state index is 11.2. The van der Waals surface area contributed by atoms with E-state index in [9.17, 15) is 9.90 Å². The highest BCUT2D eigenvalue weighted by molar-refractivity contribution is 5.74. The van der Waals surface area contributed by atoms with Crippen LogP contribution in [0.4, 0.5) is 0 Å². The topological polar surface area (TPSA) is 49.3 Å². The van der Waals surface area contributed by atoms with Crippen LogP contribution >= 0.6 is 0 Å². The summed E-state index contributed by atoms with van der Waals surface area (Å²) in [5.41, 5.74) is -0.416. The van der Waals surface area contributed by atoms with E-state index in [-0.39, 0.29) is 0 Å². The van der Waals surface area contributed by atoms with E-state index >= 15 is 0 Å². The van der Waals surface area contributed by atoms with Gasteiger partial charge in [-0.2, -0.15) is 0 Å². The van der Waals surface area contributed by atoms with Gasteiger partial charge < -0.3 is 10.4 Å². The van der Waals surface area contributed by atoms with E-state index in [0.717, 1.165) is 45.1 Å². The van der Waals surface area contributed by atoms with E-state index in [1.165, 1.54) is 0 Å². The Hall–Kier alpha value is -0.570. The summed E-state index contributed by atoms with van der Waals surface area (Å²) in [6.45, 7) is 5.11. The minimum Gasteiger partial charge on any atom is -0.481 e. The average molecular weight is 213 g/mol. The Kier molecular flexibility index (Phi) is 4.58. The highest BCUT2D eigenvalue weighted by Gasteiger charge is 2.40. The summed E-state index contributed by atoms with van der Waals surface area (Å²) in [6, 6.07) is 0.497. The number of hydrogen-bond acceptors (Lipinski definition) is 2. The van der Waals surface area contributed by atoms with Crippen molar-refractivity contribution < 1.29 is 9.90 Å². The van der Waals surface area contributed by atoms with Gasteiger partial charge in [-0.05, 0) is 39.2 Å². The third-order valence-electron chi connectivity index (χ3n) is 3.72. The van der Waals surface area contributed by atoms with Crippen molar-refractivity contribution in [1.82, 2.24) is 5.32 Å². The fourth-order valence-electron chi connectivity index (χ4n) is 2.32. The summed E-state index contributed by atoms with van der Waals surface area (Å²) in [6.07, 6.45) is 5.77. The van der Waals surface area contributed by atoms with Crippen molar-refractivity contribution in [3.8, 4) is 0 Å². The third-order valence-corrected chi connectivity index (χ3v) is 3.72. The molecule has 0 aromatic rings.